The van der Waals surface area contributed by atoms with Crippen LogP contribution in [0, 0.1) is 11.8 Å². The minimum Gasteiger partial charge on any atom is -0.481 e. The average Bonchev–Trinajstić information content (AvgIpc) is 3.36. The lowest BCUT2D eigenvalue weighted by molar-refractivity contribution is -0.143. The third-order valence-electron chi connectivity index (χ3n) is 9.42. The molecule has 18 heteroatoms. The number of carbonyl (C=O) groups excluding carboxylic acids is 1. The van der Waals surface area contributed by atoms with Gasteiger partial charge in [0.05, 0.1) is 29.3 Å². The highest BCUT2D eigenvalue weighted by Gasteiger charge is 2.43. The van der Waals surface area contributed by atoms with E-state index in [-0.39, 0.29) is 53.5 Å². The number of guanidine groups is 1. The summed E-state index contributed by atoms with van der Waals surface area (Å²) < 4.78 is 123. The number of hydrazone groups is 1. The number of fused-ring (bicyclic) bond motifs is 1. The summed E-state index contributed by atoms with van der Waals surface area (Å²) in [6.07, 6.45) is -12.5. The summed E-state index contributed by atoms with van der Waals surface area (Å²) in [6.45, 7) is 1.28. The molecule has 5 rings (SSSR count). The molecule has 274 valence electrons. The number of aliphatic carboxylic acids is 1. The number of hydrazine groups is 2. The van der Waals surface area contributed by atoms with Gasteiger partial charge >= 0.3 is 24.5 Å². The fourth-order valence-corrected chi connectivity index (χ4v) is 6.87. The fraction of sp³-hybridized carbons (Fsp3) is 0.531. The maximum absolute atomic E-state index is 14.0. The van der Waals surface area contributed by atoms with Crippen molar-refractivity contribution in [2.75, 3.05) is 11.9 Å². The zero-order chi connectivity index (χ0) is 36.8. The fourth-order valence-electron chi connectivity index (χ4n) is 6.87. The van der Waals surface area contributed by atoms with Gasteiger partial charge in [0.1, 0.15) is 0 Å². The molecule has 2 unspecified atom stereocenters. The third kappa shape index (κ3) is 8.05. The van der Waals surface area contributed by atoms with E-state index in [0.717, 1.165) is 12.1 Å². The van der Waals surface area contributed by atoms with Gasteiger partial charge in [-0.05, 0) is 92.0 Å². The number of nitrogens with one attached hydrogen (secondary N) is 2. The van der Waals surface area contributed by atoms with E-state index in [9.17, 15) is 49.1 Å². The maximum Gasteiger partial charge on any atom is 0.416 e. The summed E-state index contributed by atoms with van der Waals surface area (Å²) in [5.41, 5.74) is -1.47. The van der Waals surface area contributed by atoms with E-state index in [0.29, 0.717) is 44.2 Å². The van der Waals surface area contributed by atoms with Crippen molar-refractivity contribution in [3.8, 4) is 0 Å². The van der Waals surface area contributed by atoms with Crippen LogP contribution in [0.25, 0.3) is 0 Å². The van der Waals surface area contributed by atoms with Gasteiger partial charge < -0.3 is 15.3 Å². The number of amides is 1. The van der Waals surface area contributed by atoms with Crippen molar-refractivity contribution in [1.82, 2.24) is 21.0 Å². The highest BCUT2D eigenvalue weighted by molar-refractivity contribution is 5.97. The topological polar surface area (TPSA) is 101 Å². The van der Waals surface area contributed by atoms with E-state index in [2.05, 4.69) is 16.0 Å². The smallest absolute Gasteiger partial charge is 0.416 e. The first kappa shape index (κ1) is 37.0. The average molecular weight is 723 g/mol. The highest BCUT2D eigenvalue weighted by Crippen LogP contribution is 2.44. The first-order valence-corrected chi connectivity index (χ1v) is 15.9. The number of carboxylic acid groups (broad SMARTS) is 1. The quantitative estimate of drug-likeness (QED) is 0.258. The van der Waals surface area contributed by atoms with E-state index in [4.69, 9.17) is 5.11 Å². The van der Waals surface area contributed by atoms with Gasteiger partial charge in [-0.1, -0.05) is 6.92 Å². The van der Waals surface area contributed by atoms with Gasteiger partial charge in [-0.3, -0.25) is 14.6 Å². The Kier molecular flexibility index (Phi) is 10.2. The van der Waals surface area contributed by atoms with Gasteiger partial charge in [-0.15, -0.1) is 10.2 Å². The summed E-state index contributed by atoms with van der Waals surface area (Å²) >= 11 is 0. The predicted octanol–water partition coefficient (Wildman–Crippen LogP) is 7.31. The Morgan fingerprint density at radius 3 is 2.04 bits per heavy atom. The van der Waals surface area contributed by atoms with Gasteiger partial charge in [0.25, 0.3) is 0 Å². The molecule has 0 spiro atoms. The molecule has 2 aromatic carbocycles. The van der Waals surface area contributed by atoms with Crippen LogP contribution in [-0.2, 0) is 34.7 Å². The molecule has 2 aromatic rings. The Labute approximate surface area is 281 Å². The van der Waals surface area contributed by atoms with Crippen LogP contribution in [0.3, 0.4) is 0 Å². The standard InChI is InChI=1S/C32H35F9N6O3/c1-3-23-15-25(42-29-43-44-45(2)46(29)16-18-10-21(31(36,37)38)13-22(11-18)32(39,40)41)24-14-20(30(33,34)35)8-9-26(24)47(23)28(50)19-6-4-17(5-7-19)12-27(48)49/h8-11,13-14,17,19,23,25,44H,3-7,12,15-16H2,1-2H3,(H,42,43)(H,48,49). The van der Waals surface area contributed by atoms with E-state index in [1.54, 1.807) is 6.92 Å². The lowest BCUT2D eigenvalue weighted by Gasteiger charge is -2.43. The molecule has 0 bridgehead atoms. The van der Waals surface area contributed by atoms with Crippen LogP contribution in [0.5, 0.6) is 0 Å². The summed E-state index contributed by atoms with van der Waals surface area (Å²) in [5.74, 6) is -1.83. The zero-order valence-electron chi connectivity index (χ0n) is 26.9. The molecule has 9 nitrogen and oxygen atoms in total. The molecule has 0 radical (unpaired) electrons. The second kappa shape index (κ2) is 13.8. The number of benzene rings is 2. The Balaban J connectivity index is 1.45. The van der Waals surface area contributed by atoms with Crippen molar-refractivity contribution in [1.29, 1.82) is 0 Å². The second-order valence-corrected chi connectivity index (χ2v) is 12.8. The molecule has 2 aliphatic heterocycles. The molecular formula is C32H35F9N6O3. The molecule has 2 atom stereocenters. The van der Waals surface area contributed by atoms with Crippen LogP contribution >= 0.6 is 0 Å². The summed E-state index contributed by atoms with van der Waals surface area (Å²) in [7, 11) is 1.40. The van der Waals surface area contributed by atoms with Gasteiger partial charge in [0, 0.05) is 31.1 Å². The van der Waals surface area contributed by atoms with Gasteiger partial charge in [-0.25, -0.2) is 5.53 Å². The van der Waals surface area contributed by atoms with Crippen LogP contribution in [0.4, 0.5) is 45.2 Å². The Morgan fingerprint density at radius 1 is 0.900 bits per heavy atom. The van der Waals surface area contributed by atoms with E-state index < -0.39 is 65.7 Å². The van der Waals surface area contributed by atoms with Crippen LogP contribution in [0.1, 0.15) is 85.7 Å². The van der Waals surface area contributed by atoms with E-state index >= 15 is 0 Å². The van der Waals surface area contributed by atoms with Crippen molar-refractivity contribution in [3.63, 3.8) is 0 Å². The number of alkyl halides is 9. The Hall–Kier alpha value is -4.22. The number of halogens is 9. The van der Waals surface area contributed by atoms with Gasteiger partial charge in [0.2, 0.25) is 11.9 Å². The predicted molar refractivity (Wildman–Crippen MR) is 162 cm³/mol. The first-order valence-electron chi connectivity index (χ1n) is 15.9. The van der Waals surface area contributed by atoms with Crippen molar-refractivity contribution in [2.45, 2.75) is 89.0 Å². The number of hydrogen-bond acceptors (Lipinski definition) is 7. The first-order chi connectivity index (χ1) is 23.3. The minimum absolute atomic E-state index is 0.0131. The largest absolute Gasteiger partial charge is 0.481 e. The summed E-state index contributed by atoms with van der Waals surface area (Å²) in [5, 5.41) is 18.7. The van der Waals surface area contributed by atoms with Crippen LogP contribution in [0.2, 0.25) is 0 Å². The Bertz CT molecular complexity index is 1590. The third-order valence-corrected chi connectivity index (χ3v) is 9.42. The summed E-state index contributed by atoms with van der Waals surface area (Å²) in [6, 6.07) is 2.78. The molecule has 3 aliphatic rings. The molecule has 1 saturated carbocycles. The Morgan fingerprint density at radius 2 is 1.50 bits per heavy atom. The van der Waals surface area contributed by atoms with Crippen LogP contribution in [0.15, 0.2) is 41.5 Å². The molecule has 1 fully saturated rings. The molecule has 2 heterocycles. The molecule has 50 heavy (non-hydrogen) atoms. The molecular weight excluding hydrogens is 687 g/mol. The molecule has 3 N–H and O–H groups in total. The van der Waals surface area contributed by atoms with Crippen molar-refractivity contribution >= 4 is 23.5 Å². The van der Waals surface area contributed by atoms with Gasteiger partial charge in [-0.2, -0.15) is 39.5 Å². The monoisotopic (exact) mass is 722 g/mol. The SMILES string of the molecule is CCC1CC(NC2=NNN(C)N2Cc2cc(C(F)(F)F)cc(C(F)(F)F)c2)c2cc(C(F)(F)F)ccc2N1C(=O)C1CCC(CC(=O)O)CC1. The number of carboxylic acids is 1. The van der Waals surface area contributed by atoms with Crippen molar-refractivity contribution < 1.29 is 54.2 Å². The van der Waals surface area contributed by atoms with Crippen LogP contribution < -0.4 is 15.8 Å². The van der Waals surface area contributed by atoms with E-state index in [1.807, 2.05) is 0 Å². The number of anilines is 1. The van der Waals surface area contributed by atoms with Gasteiger partial charge in [0.15, 0.2) is 0 Å². The lowest BCUT2D eigenvalue weighted by atomic mass is 9.79. The molecule has 1 aliphatic carbocycles. The number of hydrogen-bond donors (Lipinski definition) is 3. The van der Waals surface area contributed by atoms with Crippen molar-refractivity contribution in [3.05, 3.63) is 64.2 Å². The molecule has 1 amide bonds. The lowest BCUT2D eigenvalue weighted by Crippen LogP contribution is -2.52. The number of rotatable bonds is 7. The van der Waals surface area contributed by atoms with E-state index in [1.165, 1.54) is 28.1 Å². The number of nitrogens with zero attached hydrogens (tertiary/aromatic N) is 4. The maximum atomic E-state index is 14.0. The number of carbonyl (C=O) groups is 2. The molecule has 0 aromatic heterocycles. The zero-order valence-corrected chi connectivity index (χ0v) is 26.9. The summed E-state index contributed by atoms with van der Waals surface area (Å²) in [4.78, 5) is 26.7. The minimum atomic E-state index is -5.07. The van der Waals surface area contributed by atoms with Crippen LogP contribution in [-0.4, -0.2) is 46.2 Å². The molecule has 0 saturated heterocycles. The normalized spacial score (nSPS) is 23.3. The van der Waals surface area contributed by atoms with Crippen molar-refractivity contribution in [2.24, 2.45) is 16.9 Å². The highest BCUT2D eigenvalue weighted by atomic mass is 19.4. The second-order valence-electron chi connectivity index (χ2n) is 12.8.